The first-order valence-electron chi connectivity index (χ1n) is 15.8. The van der Waals surface area contributed by atoms with Crippen LogP contribution in [0.1, 0.15) is 154 Å². The van der Waals surface area contributed by atoms with Crippen LogP contribution < -0.4 is 5.32 Å². The molecule has 1 aromatic carbocycles. The molecule has 1 N–H and O–H groups in total. The highest BCUT2D eigenvalue weighted by Gasteiger charge is 1.95. The van der Waals surface area contributed by atoms with Crippen molar-refractivity contribution in [2.45, 2.75) is 156 Å². The first-order chi connectivity index (χ1) is 21.9. The van der Waals surface area contributed by atoms with Crippen molar-refractivity contribution in [3.8, 4) is 0 Å². The van der Waals surface area contributed by atoms with E-state index in [1.165, 1.54) is 51.7 Å². The lowest BCUT2D eigenvalue weighted by Gasteiger charge is -2.05. The predicted octanol–water partition coefficient (Wildman–Crippen LogP) is 13.0. The summed E-state index contributed by atoms with van der Waals surface area (Å²) in [6.45, 7) is 31.0. The summed E-state index contributed by atoms with van der Waals surface area (Å²) in [5.41, 5.74) is 2.95. The summed E-state index contributed by atoms with van der Waals surface area (Å²) in [4.78, 5) is 36.4. The molecule has 1 aromatic rings. The minimum absolute atomic E-state index is 0. The molecule has 0 unspecified atom stereocenters. The molecule has 11 heteroatoms. The lowest BCUT2D eigenvalue weighted by atomic mass is 10.0. The summed E-state index contributed by atoms with van der Waals surface area (Å²) in [6, 6.07) is 10.3. The van der Waals surface area contributed by atoms with Gasteiger partial charge in [0, 0.05) is 53.2 Å². The van der Waals surface area contributed by atoms with Gasteiger partial charge in [-0.1, -0.05) is 143 Å². The summed E-state index contributed by atoms with van der Waals surface area (Å²) >= 11 is 0. The second kappa shape index (κ2) is 94.3. The minimum atomic E-state index is -2.67. The third-order valence-corrected chi connectivity index (χ3v) is 2.30. The van der Waals surface area contributed by atoms with Crippen LogP contribution in [0.2, 0.25) is 0 Å². The van der Waals surface area contributed by atoms with Crippen LogP contribution in [0.3, 0.4) is 0 Å². The van der Waals surface area contributed by atoms with E-state index in [1.807, 2.05) is 72.2 Å². The number of benzene rings is 1. The molecular weight excluding hydrogens is 737 g/mol. The van der Waals surface area contributed by atoms with E-state index >= 15 is 0 Å². The molecule has 10 nitrogen and oxygen atoms in total. The second-order valence-electron chi connectivity index (χ2n) is 12.5. The molecule has 0 spiro atoms. The van der Waals surface area contributed by atoms with E-state index in [-0.39, 0.29) is 77.1 Å². The van der Waals surface area contributed by atoms with E-state index in [0.29, 0.717) is 5.41 Å². The molecule has 362 valence electrons. The molecule has 0 aliphatic rings. The Morgan fingerprint density at radius 3 is 0.877 bits per heavy atom. The van der Waals surface area contributed by atoms with Gasteiger partial charge in [-0.3, -0.25) is 14.6 Å². The molecule has 0 aliphatic carbocycles. The molecule has 0 aromatic heterocycles. The molecule has 0 saturated carbocycles. The van der Waals surface area contributed by atoms with Crippen LogP contribution in [-0.4, -0.2) is 118 Å². The standard InChI is InChI=1S/C7H8.C5H12.C4H9NO.C4H9N.C3H9N.C3H6O2.C3H6O.C3H8.C2H7N.C2H6O2S.C2H4.8CH4/c1-7-5-3-2-4-6-7;1-5(2,3)4;1-4(6)5(2)3;1-4(2)5-3;1-4(2)3;1-3(4)5-2;1-3(2)4;2*1-3-2;1-5(2,3)4;1-2;;;;;;;;/h2-6H,1H3;1-4H3;1-3H3;1-3H3;1-3H3;1-2H3;1-2H3;3H2,1-2H3;3H,1-2H3;1-2H3;1-2H2;8*1H4. The van der Waals surface area contributed by atoms with Gasteiger partial charge in [-0.15, -0.1) is 13.2 Å². The van der Waals surface area contributed by atoms with Crippen LogP contribution in [0.4, 0.5) is 0 Å². The number of nitrogens with zero attached hydrogens (tertiary/aromatic N) is 3. The second-order valence-corrected chi connectivity index (χ2v) is 14.8. The number of carbonyl (C=O) groups is 3. The first-order valence-corrected chi connectivity index (χ1v) is 18.1. The Hall–Kier alpha value is -2.89. The molecule has 57 heavy (non-hydrogen) atoms. The molecule has 0 saturated heterocycles. The predicted molar refractivity (Wildman–Crippen MR) is 276 cm³/mol. The average Bonchev–Trinajstić information content (AvgIpc) is 2.89. The van der Waals surface area contributed by atoms with E-state index in [9.17, 15) is 22.8 Å². The number of Topliss-reactive ketones (excluding diaryl/α,β-unsaturated/α-hetero) is 1. The van der Waals surface area contributed by atoms with Crippen LogP contribution >= 0.6 is 0 Å². The summed E-state index contributed by atoms with van der Waals surface area (Å²) in [6.07, 6.45) is 3.57. The number of nitrogens with one attached hydrogen (secondary N) is 1. The Kier molecular flexibility index (Phi) is 194. The fraction of sp³-hybridized carbons (Fsp3) is 0.739. The molecule has 0 fully saturated rings. The van der Waals surface area contributed by atoms with Crippen LogP contribution in [0.15, 0.2) is 48.5 Å². The number of sulfone groups is 1. The zero-order valence-electron chi connectivity index (χ0n) is 36.7. The molecule has 1 rings (SSSR count). The molecule has 0 aliphatic heterocycles. The molecule has 0 atom stereocenters. The lowest BCUT2D eigenvalue weighted by molar-refractivity contribution is -0.138. The van der Waals surface area contributed by atoms with Gasteiger partial charge in [-0.2, -0.15) is 0 Å². The number of carbonyl (C=O) groups excluding carboxylic acids is 3. The maximum atomic E-state index is 10.1. The average molecular weight is 854 g/mol. The van der Waals surface area contributed by atoms with E-state index in [1.54, 1.807) is 21.1 Å². The normalized spacial score (nSPS) is 6.96. The van der Waals surface area contributed by atoms with Crippen LogP contribution in [-0.2, 0) is 29.0 Å². The van der Waals surface area contributed by atoms with Gasteiger partial charge < -0.3 is 24.6 Å². The fourth-order valence-corrected chi connectivity index (χ4v) is 0.534. The fourth-order valence-electron chi connectivity index (χ4n) is 0.534. The maximum absolute atomic E-state index is 10.1. The summed E-state index contributed by atoms with van der Waals surface area (Å²) in [5, 5.41) is 2.75. The number of rotatable bonds is 0. The van der Waals surface area contributed by atoms with Crippen molar-refractivity contribution in [2.24, 2.45) is 10.4 Å². The summed E-state index contributed by atoms with van der Waals surface area (Å²) < 4.78 is 23.4. The number of methoxy groups -OCH3 is 1. The summed E-state index contributed by atoms with van der Waals surface area (Å²) in [7, 11) is 13.7. The number of hydrogen-bond acceptors (Lipinski definition) is 9. The van der Waals surface area contributed by atoms with E-state index in [2.05, 4.69) is 88.8 Å². The quantitative estimate of drug-likeness (QED) is 0.155. The third kappa shape index (κ3) is 807. The molecule has 0 heterocycles. The molecule has 1 amide bonds. The van der Waals surface area contributed by atoms with Crippen molar-refractivity contribution in [1.82, 2.24) is 15.1 Å². The number of ketones is 1. The number of esters is 1. The zero-order valence-corrected chi connectivity index (χ0v) is 37.5. The van der Waals surface area contributed by atoms with Gasteiger partial charge in [0.25, 0.3) is 0 Å². The molecular formula is C46H116N4O6S. The van der Waals surface area contributed by atoms with Gasteiger partial charge in [-0.25, -0.2) is 8.42 Å². The minimum Gasteiger partial charge on any atom is -0.469 e. The Bertz CT molecular complexity index is 888. The molecule has 0 radical (unpaired) electrons. The number of amides is 1. The number of hydrogen-bond donors (Lipinski definition) is 1. The third-order valence-electron chi connectivity index (χ3n) is 2.30. The highest BCUT2D eigenvalue weighted by atomic mass is 32.2. The number of aryl methyl sites for hydroxylation is 1. The maximum Gasteiger partial charge on any atom is 0.302 e. The van der Waals surface area contributed by atoms with Crippen molar-refractivity contribution < 1.29 is 27.5 Å². The van der Waals surface area contributed by atoms with E-state index in [4.69, 9.17) is 0 Å². The van der Waals surface area contributed by atoms with Gasteiger partial charge in [0.15, 0.2) is 0 Å². The van der Waals surface area contributed by atoms with Gasteiger partial charge in [0.1, 0.15) is 15.6 Å². The smallest absolute Gasteiger partial charge is 0.302 e. The van der Waals surface area contributed by atoms with Gasteiger partial charge in [-0.05, 0) is 75.3 Å². The lowest BCUT2D eigenvalue weighted by Crippen LogP contribution is -2.17. The van der Waals surface area contributed by atoms with E-state index in [0.717, 1.165) is 18.2 Å². The van der Waals surface area contributed by atoms with Crippen molar-refractivity contribution in [3.05, 3.63) is 49.1 Å². The van der Waals surface area contributed by atoms with Crippen LogP contribution in [0, 0.1) is 12.3 Å². The van der Waals surface area contributed by atoms with Gasteiger partial charge in [0.05, 0.1) is 7.11 Å². The zero-order chi connectivity index (χ0) is 42.4. The Morgan fingerprint density at radius 1 is 0.719 bits per heavy atom. The highest BCUT2D eigenvalue weighted by Crippen LogP contribution is 2.08. The molecule has 0 bridgehead atoms. The van der Waals surface area contributed by atoms with E-state index < -0.39 is 9.84 Å². The monoisotopic (exact) mass is 853 g/mol. The summed E-state index contributed by atoms with van der Waals surface area (Å²) in [5.74, 6) is 0.0139. The largest absolute Gasteiger partial charge is 0.469 e. The van der Waals surface area contributed by atoms with Gasteiger partial charge >= 0.3 is 5.97 Å². The Morgan fingerprint density at radius 2 is 0.842 bits per heavy atom. The van der Waals surface area contributed by atoms with Crippen LogP contribution in [0.25, 0.3) is 0 Å². The SMILES string of the molecule is C.C.C.C.C.C.C.C.C=C.CC(=O)N(C)C.CC(C)(C)C.CC(C)=O.CCC.CN(C)C.CN=C(C)C.CNC.COC(C)=O.CS(C)(=O)=O.Cc1ccccc1. The van der Waals surface area contributed by atoms with Crippen molar-refractivity contribution >= 4 is 33.2 Å². The topological polar surface area (TPSA) is 125 Å². The Labute approximate surface area is 366 Å². The highest BCUT2D eigenvalue weighted by molar-refractivity contribution is 7.89. The van der Waals surface area contributed by atoms with Crippen molar-refractivity contribution in [2.75, 3.05) is 76.0 Å². The van der Waals surface area contributed by atoms with Crippen molar-refractivity contribution in [3.63, 3.8) is 0 Å². The van der Waals surface area contributed by atoms with Crippen molar-refractivity contribution in [1.29, 1.82) is 0 Å². The number of ether oxygens (including phenoxy) is 1. The first kappa shape index (κ1) is 117. The number of aliphatic imine (C=N–C) groups is 1. The van der Waals surface area contributed by atoms with Crippen LogP contribution in [0.5, 0.6) is 0 Å². The van der Waals surface area contributed by atoms with Gasteiger partial charge in [0.2, 0.25) is 5.91 Å². The Balaban J connectivity index is -0.0000000183.